The molecule has 156 valence electrons. The fourth-order valence-corrected chi connectivity index (χ4v) is 4.28. The number of benzene rings is 2. The number of halogens is 4. The van der Waals surface area contributed by atoms with Crippen LogP contribution in [0.5, 0.6) is 0 Å². The Morgan fingerprint density at radius 2 is 1.83 bits per heavy atom. The lowest BCUT2D eigenvalue weighted by molar-refractivity contribution is -0.137. The van der Waals surface area contributed by atoms with Crippen LogP contribution in [0.15, 0.2) is 48.5 Å². The molecule has 3 rings (SSSR count). The first-order chi connectivity index (χ1) is 13.7. The summed E-state index contributed by atoms with van der Waals surface area (Å²) < 4.78 is 39.5. The van der Waals surface area contributed by atoms with Crippen molar-refractivity contribution >= 4 is 17.5 Å². The normalized spacial score (nSPS) is 21.6. The summed E-state index contributed by atoms with van der Waals surface area (Å²) in [6, 6.07) is 12.9. The smallest absolute Gasteiger partial charge is 0.344 e. The number of piperidine rings is 1. The van der Waals surface area contributed by atoms with Crippen molar-refractivity contribution in [2.45, 2.75) is 50.5 Å². The molecule has 2 aromatic carbocycles. The zero-order valence-corrected chi connectivity index (χ0v) is 17.1. The standard InChI is InChI=1S/C22H24ClF3N2O/c1-14-8-6-13-18(28(14)2)20(15-9-4-3-5-10-15)27-21(29)16-11-7-12-17(19(16)23)22(24,25)26/h3-5,7,9-12,14,18,20H,6,8,13H2,1-2H3,(H,27,29). The van der Waals surface area contributed by atoms with Gasteiger partial charge in [0.1, 0.15) is 0 Å². The van der Waals surface area contributed by atoms with Crippen LogP contribution in [0.4, 0.5) is 13.2 Å². The number of rotatable bonds is 4. The lowest BCUT2D eigenvalue weighted by atomic mass is 9.88. The molecule has 1 saturated heterocycles. The number of carbonyl (C=O) groups excluding carboxylic acids is 1. The average molecular weight is 425 g/mol. The van der Waals surface area contributed by atoms with Crippen LogP contribution in [0.1, 0.15) is 53.7 Å². The monoisotopic (exact) mass is 424 g/mol. The number of carbonyl (C=O) groups is 1. The van der Waals surface area contributed by atoms with E-state index in [1.807, 2.05) is 37.4 Å². The predicted octanol–water partition coefficient (Wildman–Crippen LogP) is 5.70. The largest absolute Gasteiger partial charge is 0.417 e. The van der Waals surface area contributed by atoms with Crippen molar-refractivity contribution in [2.75, 3.05) is 7.05 Å². The van der Waals surface area contributed by atoms with Crippen molar-refractivity contribution in [3.63, 3.8) is 0 Å². The van der Waals surface area contributed by atoms with Crippen LogP contribution in [-0.2, 0) is 6.18 Å². The van der Waals surface area contributed by atoms with E-state index >= 15 is 0 Å². The molecule has 1 aliphatic heterocycles. The maximum atomic E-state index is 13.2. The van der Waals surface area contributed by atoms with E-state index in [0.29, 0.717) is 6.04 Å². The van der Waals surface area contributed by atoms with Gasteiger partial charge in [-0.05, 0) is 44.5 Å². The summed E-state index contributed by atoms with van der Waals surface area (Å²) in [7, 11) is 2.02. The number of nitrogens with zero attached hydrogens (tertiary/aromatic N) is 1. The van der Waals surface area contributed by atoms with E-state index < -0.39 is 22.7 Å². The van der Waals surface area contributed by atoms with Crippen LogP contribution in [0.25, 0.3) is 0 Å². The third-order valence-corrected chi connectivity index (χ3v) is 6.13. The van der Waals surface area contributed by atoms with Gasteiger partial charge >= 0.3 is 6.18 Å². The Balaban J connectivity index is 1.94. The topological polar surface area (TPSA) is 32.3 Å². The summed E-state index contributed by atoms with van der Waals surface area (Å²) in [6.45, 7) is 2.14. The highest BCUT2D eigenvalue weighted by Crippen LogP contribution is 2.37. The minimum atomic E-state index is -4.62. The van der Waals surface area contributed by atoms with Crippen molar-refractivity contribution < 1.29 is 18.0 Å². The van der Waals surface area contributed by atoms with E-state index in [1.54, 1.807) is 0 Å². The highest BCUT2D eigenvalue weighted by molar-refractivity contribution is 6.34. The molecule has 1 aliphatic rings. The number of likely N-dealkylation sites (N-methyl/N-ethyl adjacent to an activating group) is 1. The predicted molar refractivity (Wildman–Crippen MR) is 108 cm³/mol. The van der Waals surface area contributed by atoms with Gasteiger partial charge in [0.2, 0.25) is 0 Å². The average Bonchev–Trinajstić information content (AvgIpc) is 2.68. The van der Waals surface area contributed by atoms with Gasteiger partial charge in [-0.2, -0.15) is 13.2 Å². The minimum Gasteiger partial charge on any atom is -0.344 e. The molecule has 7 heteroatoms. The summed E-state index contributed by atoms with van der Waals surface area (Å²) >= 11 is 5.96. The maximum absolute atomic E-state index is 13.2. The summed E-state index contributed by atoms with van der Waals surface area (Å²) in [6.07, 6.45) is -1.64. The molecule has 0 saturated carbocycles. The first-order valence-electron chi connectivity index (χ1n) is 9.63. The quantitative estimate of drug-likeness (QED) is 0.682. The molecule has 0 aromatic heterocycles. The Morgan fingerprint density at radius 3 is 2.48 bits per heavy atom. The zero-order valence-electron chi connectivity index (χ0n) is 16.3. The maximum Gasteiger partial charge on any atom is 0.417 e. The molecule has 3 unspecified atom stereocenters. The van der Waals surface area contributed by atoms with Gasteiger partial charge in [0.15, 0.2) is 0 Å². The summed E-state index contributed by atoms with van der Waals surface area (Å²) in [4.78, 5) is 15.2. The molecule has 1 fully saturated rings. The Morgan fingerprint density at radius 1 is 1.14 bits per heavy atom. The molecule has 1 N–H and O–H groups in total. The van der Waals surface area contributed by atoms with Gasteiger partial charge in [-0.1, -0.05) is 54.4 Å². The number of nitrogens with one attached hydrogen (secondary N) is 1. The highest BCUT2D eigenvalue weighted by atomic mass is 35.5. The van der Waals surface area contributed by atoms with Crippen molar-refractivity contribution in [2.24, 2.45) is 0 Å². The highest BCUT2D eigenvalue weighted by Gasteiger charge is 2.36. The second-order valence-electron chi connectivity index (χ2n) is 7.54. The van der Waals surface area contributed by atoms with Crippen LogP contribution in [0.2, 0.25) is 5.02 Å². The fourth-order valence-electron chi connectivity index (χ4n) is 3.97. The van der Waals surface area contributed by atoms with Crippen LogP contribution in [0.3, 0.4) is 0 Å². The van der Waals surface area contributed by atoms with Crippen LogP contribution < -0.4 is 5.32 Å². The van der Waals surface area contributed by atoms with Gasteiger partial charge in [-0.3, -0.25) is 9.69 Å². The third kappa shape index (κ3) is 4.75. The van der Waals surface area contributed by atoms with Crippen molar-refractivity contribution in [1.29, 1.82) is 0 Å². The molecule has 3 nitrogen and oxygen atoms in total. The first kappa shape index (κ1) is 21.7. The van der Waals surface area contributed by atoms with Crippen molar-refractivity contribution in [3.05, 3.63) is 70.2 Å². The van der Waals surface area contributed by atoms with Gasteiger partial charge in [0, 0.05) is 12.1 Å². The van der Waals surface area contributed by atoms with Crippen LogP contribution in [-0.4, -0.2) is 29.9 Å². The lowest BCUT2D eigenvalue weighted by Gasteiger charge is -2.42. The molecule has 0 aliphatic carbocycles. The third-order valence-electron chi connectivity index (χ3n) is 5.72. The molecule has 0 spiro atoms. The number of hydrogen-bond acceptors (Lipinski definition) is 2. The summed E-state index contributed by atoms with van der Waals surface area (Å²) in [5.41, 5.74) is -0.268. The Kier molecular flexibility index (Phi) is 6.54. The molecule has 1 amide bonds. The number of alkyl halides is 3. The zero-order chi connectivity index (χ0) is 21.2. The molecular formula is C22H24ClF3N2O. The van der Waals surface area contributed by atoms with Crippen LogP contribution >= 0.6 is 11.6 Å². The van der Waals surface area contributed by atoms with Gasteiger partial charge in [0.05, 0.1) is 22.2 Å². The Labute approximate surface area is 173 Å². The van der Waals surface area contributed by atoms with E-state index in [0.717, 1.165) is 30.9 Å². The van der Waals surface area contributed by atoms with E-state index in [-0.39, 0.29) is 17.6 Å². The molecule has 2 aromatic rings. The molecule has 0 bridgehead atoms. The molecule has 29 heavy (non-hydrogen) atoms. The second-order valence-corrected chi connectivity index (χ2v) is 7.92. The molecular weight excluding hydrogens is 401 g/mol. The summed E-state index contributed by atoms with van der Waals surface area (Å²) in [5.74, 6) is -0.610. The fraction of sp³-hybridized carbons (Fsp3) is 0.409. The number of amides is 1. The van der Waals surface area contributed by atoms with Crippen molar-refractivity contribution in [1.82, 2.24) is 10.2 Å². The van der Waals surface area contributed by atoms with Crippen molar-refractivity contribution in [3.8, 4) is 0 Å². The van der Waals surface area contributed by atoms with E-state index in [2.05, 4.69) is 17.1 Å². The minimum absolute atomic E-state index is 0.0367. The lowest BCUT2D eigenvalue weighted by Crippen LogP contribution is -2.50. The van der Waals surface area contributed by atoms with Crippen LogP contribution in [0, 0.1) is 0 Å². The summed E-state index contributed by atoms with van der Waals surface area (Å²) in [5, 5.41) is 2.38. The van der Waals surface area contributed by atoms with Gasteiger partial charge < -0.3 is 5.32 Å². The SMILES string of the molecule is CC1CCCC(C(NC(=O)c2cccc(C(F)(F)F)c2Cl)c2ccccc2)N1C. The first-order valence-corrected chi connectivity index (χ1v) is 10.0. The van der Waals surface area contributed by atoms with E-state index in [4.69, 9.17) is 11.6 Å². The number of hydrogen-bond donors (Lipinski definition) is 1. The van der Waals surface area contributed by atoms with Gasteiger partial charge in [0.25, 0.3) is 5.91 Å². The van der Waals surface area contributed by atoms with E-state index in [9.17, 15) is 18.0 Å². The molecule has 0 radical (unpaired) electrons. The molecule has 3 atom stereocenters. The number of likely N-dealkylation sites (tertiary alicyclic amines) is 1. The second kappa shape index (κ2) is 8.76. The Bertz CT molecular complexity index is 857. The molecule has 1 heterocycles. The van der Waals surface area contributed by atoms with E-state index in [1.165, 1.54) is 12.1 Å². The van der Waals surface area contributed by atoms with Gasteiger partial charge in [-0.15, -0.1) is 0 Å². The Hall–Kier alpha value is -2.05. The van der Waals surface area contributed by atoms with Gasteiger partial charge in [-0.25, -0.2) is 0 Å².